The van der Waals surface area contributed by atoms with Gasteiger partial charge in [-0.05, 0) is 55.9 Å². The molecule has 0 radical (unpaired) electrons. The molecule has 2 aromatic heterocycles. The lowest BCUT2D eigenvalue weighted by molar-refractivity contribution is -0.136. The molecule has 230 valence electrons. The summed E-state index contributed by atoms with van der Waals surface area (Å²) in [6, 6.07) is 11.2. The van der Waals surface area contributed by atoms with Gasteiger partial charge in [-0.2, -0.15) is 4.39 Å². The van der Waals surface area contributed by atoms with Gasteiger partial charge in [0.2, 0.25) is 5.82 Å². The summed E-state index contributed by atoms with van der Waals surface area (Å²) in [5, 5.41) is 9.63. The number of para-hydroxylation sites is 1. The smallest absolute Gasteiger partial charge is 0.303 e. The minimum atomic E-state index is -1.14. The van der Waals surface area contributed by atoms with E-state index >= 15 is 8.78 Å². The first-order valence-electron chi connectivity index (χ1n) is 14.2. The molecule has 3 N–H and O–H groups in total. The van der Waals surface area contributed by atoms with Crippen molar-refractivity contribution in [1.82, 2.24) is 15.0 Å². The maximum Gasteiger partial charge on any atom is 0.303 e. The number of ether oxygens (including phenoxy) is 2. The Morgan fingerprint density at radius 1 is 1.16 bits per heavy atom. The summed E-state index contributed by atoms with van der Waals surface area (Å²) in [6.45, 7) is 6.44. The van der Waals surface area contributed by atoms with Crippen LogP contribution in [0.1, 0.15) is 50.4 Å². The van der Waals surface area contributed by atoms with Gasteiger partial charge in [-0.25, -0.2) is 13.8 Å². The number of aromatic amines is 2. The molecule has 0 bridgehead atoms. The van der Waals surface area contributed by atoms with Gasteiger partial charge in [0.1, 0.15) is 23.1 Å². The van der Waals surface area contributed by atoms with E-state index in [9.17, 15) is 9.18 Å². The number of carboxylic acids is 1. The van der Waals surface area contributed by atoms with Gasteiger partial charge in [0, 0.05) is 40.9 Å². The summed E-state index contributed by atoms with van der Waals surface area (Å²) in [5.41, 5.74) is 1.99. The summed E-state index contributed by atoms with van der Waals surface area (Å²) < 4.78 is 56.7. The van der Waals surface area contributed by atoms with E-state index in [2.05, 4.69) is 15.0 Å². The number of halogens is 3. The molecule has 7 nitrogen and oxygen atoms in total. The molecule has 44 heavy (non-hydrogen) atoms. The second-order valence-electron chi connectivity index (χ2n) is 10.3. The first-order valence-corrected chi connectivity index (χ1v) is 15.5. The van der Waals surface area contributed by atoms with Crippen LogP contribution in [0.3, 0.4) is 0 Å². The zero-order valence-electron chi connectivity index (χ0n) is 24.7. The summed E-state index contributed by atoms with van der Waals surface area (Å²) in [6.07, 6.45) is 5.82. The third-order valence-electron chi connectivity index (χ3n) is 7.74. The molecule has 1 atom stereocenters. The molecular formula is C33H32F3N3O4S. The van der Waals surface area contributed by atoms with Crippen molar-refractivity contribution >= 4 is 28.6 Å². The summed E-state index contributed by atoms with van der Waals surface area (Å²) in [5.74, 6) is -2.94. The van der Waals surface area contributed by atoms with E-state index in [1.165, 1.54) is 36.2 Å². The van der Waals surface area contributed by atoms with Gasteiger partial charge in [0.25, 0.3) is 0 Å². The molecule has 5 aromatic rings. The Bertz CT molecular complexity index is 1840. The van der Waals surface area contributed by atoms with Gasteiger partial charge in [0.15, 0.2) is 11.6 Å². The van der Waals surface area contributed by atoms with Crippen molar-refractivity contribution in [3.63, 3.8) is 0 Å². The van der Waals surface area contributed by atoms with Gasteiger partial charge in [0.05, 0.1) is 22.6 Å². The fraction of sp³-hybridized carbons (Fsp3) is 0.273. The molecule has 0 spiro atoms. The molecule has 0 fully saturated rings. The first-order chi connectivity index (χ1) is 21.2. The van der Waals surface area contributed by atoms with Crippen LogP contribution in [0.5, 0.6) is 17.2 Å². The van der Waals surface area contributed by atoms with Crippen molar-refractivity contribution in [3.05, 3.63) is 89.1 Å². The Hall–Kier alpha value is -4.38. The number of imidazole rings is 1. The molecule has 0 unspecified atom stereocenters. The lowest BCUT2D eigenvalue weighted by Crippen LogP contribution is -2.32. The molecular weight excluding hydrogens is 591 g/mol. The number of aryl methyl sites for hydroxylation is 1. The number of carbonyl (C=O) groups is 1. The highest BCUT2D eigenvalue weighted by atomic mass is 32.2. The van der Waals surface area contributed by atoms with E-state index in [4.69, 9.17) is 14.6 Å². The molecule has 11 heteroatoms. The molecule has 1 aliphatic heterocycles. The SMILES string of the molecule is CC.CSc1c(Oc2ccc(F)c(-c3ncc([C@@]4(C)CCOc5c(CCC(=O)O)cccc54)[nH]3)c2)c(F)c(F)c2[nH]ccc12. The van der Waals surface area contributed by atoms with Gasteiger partial charge in [-0.3, -0.25) is 4.79 Å². The van der Waals surface area contributed by atoms with Crippen molar-refractivity contribution < 1.29 is 32.5 Å². The van der Waals surface area contributed by atoms with Crippen LogP contribution in [-0.4, -0.2) is 38.9 Å². The van der Waals surface area contributed by atoms with Crippen LogP contribution in [0, 0.1) is 17.5 Å². The highest BCUT2D eigenvalue weighted by molar-refractivity contribution is 7.99. The predicted octanol–water partition coefficient (Wildman–Crippen LogP) is 8.62. The first kappa shape index (κ1) is 31.1. The highest BCUT2D eigenvalue weighted by Crippen LogP contribution is 2.46. The number of thioether (sulfide) groups is 1. The summed E-state index contributed by atoms with van der Waals surface area (Å²) in [7, 11) is 0. The van der Waals surface area contributed by atoms with Crippen LogP contribution >= 0.6 is 11.8 Å². The monoisotopic (exact) mass is 623 g/mol. The van der Waals surface area contributed by atoms with Crippen molar-refractivity contribution in [2.75, 3.05) is 12.9 Å². The molecule has 3 heterocycles. The number of benzene rings is 3. The van der Waals surface area contributed by atoms with Gasteiger partial charge in [-0.1, -0.05) is 32.0 Å². The van der Waals surface area contributed by atoms with E-state index in [0.29, 0.717) is 35.5 Å². The fourth-order valence-electron chi connectivity index (χ4n) is 5.47. The number of aliphatic carboxylic acids is 1. The topological polar surface area (TPSA) is 100 Å². The lowest BCUT2D eigenvalue weighted by Gasteiger charge is -2.36. The fourth-order valence-corrected chi connectivity index (χ4v) is 6.18. The molecule has 3 aromatic carbocycles. The summed E-state index contributed by atoms with van der Waals surface area (Å²) >= 11 is 1.21. The second kappa shape index (κ2) is 12.7. The van der Waals surface area contributed by atoms with E-state index in [0.717, 1.165) is 16.8 Å². The Morgan fingerprint density at radius 3 is 2.70 bits per heavy atom. The number of nitrogens with one attached hydrogen (secondary N) is 2. The quantitative estimate of drug-likeness (QED) is 0.150. The molecule has 0 amide bonds. The number of fused-ring (bicyclic) bond motifs is 2. The highest BCUT2D eigenvalue weighted by Gasteiger charge is 2.38. The number of nitrogens with zero attached hydrogens (tertiary/aromatic N) is 1. The number of hydrogen-bond acceptors (Lipinski definition) is 5. The average Bonchev–Trinajstić information content (AvgIpc) is 3.72. The second-order valence-corrected chi connectivity index (χ2v) is 11.1. The Balaban J connectivity index is 0.00000188. The molecule has 1 aliphatic rings. The normalized spacial score (nSPS) is 15.7. The van der Waals surface area contributed by atoms with Gasteiger partial charge < -0.3 is 24.5 Å². The Labute approximate surface area is 256 Å². The van der Waals surface area contributed by atoms with Crippen LogP contribution in [0.25, 0.3) is 22.3 Å². The largest absolute Gasteiger partial charge is 0.493 e. The van der Waals surface area contributed by atoms with Crippen molar-refractivity contribution in [2.24, 2.45) is 0 Å². The van der Waals surface area contributed by atoms with E-state index in [1.54, 1.807) is 18.5 Å². The van der Waals surface area contributed by atoms with E-state index in [-0.39, 0.29) is 34.8 Å². The molecule has 0 saturated heterocycles. The number of hydrogen-bond donors (Lipinski definition) is 3. The van der Waals surface area contributed by atoms with Gasteiger partial charge >= 0.3 is 5.97 Å². The maximum atomic E-state index is 15.1. The van der Waals surface area contributed by atoms with Crippen molar-refractivity contribution in [3.8, 4) is 28.6 Å². The van der Waals surface area contributed by atoms with E-state index < -0.39 is 28.8 Å². The zero-order chi connectivity index (χ0) is 31.6. The standard InChI is InChI=1S/C31H26F3N3O4S.C2H6/c1-31(11-13-40-27-16(6-9-23(38)39)4-3-5-20(27)31)22-15-36-30(37-22)19-14-17(7-8-21(19)32)41-28-25(34)24(33)26-18(10-12-35-26)29(28)42-2;1-2/h3-5,7-8,10,12,14-15,35H,6,9,11,13H2,1-2H3,(H,36,37)(H,38,39);1-2H3/t31-;/m0./s1. The van der Waals surface area contributed by atoms with Crippen LogP contribution < -0.4 is 9.47 Å². The number of carboxylic acid groups (broad SMARTS) is 1. The number of rotatable bonds is 8. The maximum absolute atomic E-state index is 15.1. The van der Waals surface area contributed by atoms with E-state index in [1.807, 2.05) is 39.0 Å². The molecule has 0 saturated carbocycles. The van der Waals surface area contributed by atoms with Gasteiger partial charge in [-0.15, -0.1) is 11.8 Å². The lowest BCUT2D eigenvalue weighted by atomic mass is 9.74. The summed E-state index contributed by atoms with van der Waals surface area (Å²) in [4.78, 5) is 22.0. The van der Waals surface area contributed by atoms with Crippen molar-refractivity contribution in [2.45, 2.75) is 50.3 Å². The average molecular weight is 624 g/mol. The number of H-pyrrole nitrogens is 2. The van der Waals surface area contributed by atoms with Crippen LogP contribution in [0.15, 0.2) is 59.8 Å². The molecule has 0 aliphatic carbocycles. The zero-order valence-corrected chi connectivity index (χ0v) is 25.5. The van der Waals surface area contributed by atoms with Crippen LogP contribution in [0.4, 0.5) is 13.2 Å². The van der Waals surface area contributed by atoms with Crippen LogP contribution in [0.2, 0.25) is 0 Å². The minimum absolute atomic E-state index is 0.0174. The third-order valence-corrected chi connectivity index (χ3v) is 8.56. The van der Waals surface area contributed by atoms with Crippen LogP contribution in [-0.2, 0) is 16.6 Å². The minimum Gasteiger partial charge on any atom is -0.493 e. The molecule has 6 rings (SSSR count). The predicted molar refractivity (Wildman–Crippen MR) is 164 cm³/mol. The Morgan fingerprint density at radius 2 is 1.95 bits per heavy atom. The van der Waals surface area contributed by atoms with Crippen molar-refractivity contribution in [1.29, 1.82) is 0 Å². The Kier molecular flexibility index (Phi) is 8.96. The number of aromatic nitrogens is 3. The third kappa shape index (κ3) is 5.52.